The van der Waals surface area contributed by atoms with Crippen molar-refractivity contribution < 1.29 is 14.3 Å². The molecule has 0 fully saturated rings. The van der Waals surface area contributed by atoms with Crippen LogP contribution in [0, 0.1) is 13.8 Å². The van der Waals surface area contributed by atoms with Gasteiger partial charge in [0.15, 0.2) is 5.13 Å². The highest BCUT2D eigenvalue weighted by Crippen LogP contribution is 2.24. The van der Waals surface area contributed by atoms with E-state index in [2.05, 4.69) is 27.2 Å². The molecule has 23 heavy (non-hydrogen) atoms. The first kappa shape index (κ1) is 17.5. The summed E-state index contributed by atoms with van der Waals surface area (Å²) >= 11 is 2.76. The summed E-state index contributed by atoms with van der Waals surface area (Å²) in [6, 6.07) is 8.19. The number of aromatic nitrogens is 1. The summed E-state index contributed by atoms with van der Waals surface area (Å²) in [6.45, 7) is 3.76. The van der Waals surface area contributed by atoms with Gasteiger partial charge >= 0.3 is 5.97 Å². The zero-order valence-corrected chi connectivity index (χ0v) is 14.8. The Morgan fingerprint density at radius 1 is 1.26 bits per heavy atom. The molecule has 0 spiro atoms. The summed E-state index contributed by atoms with van der Waals surface area (Å²) in [5.41, 5.74) is 1.78. The molecule has 0 radical (unpaired) electrons. The molecule has 0 aliphatic rings. The Bertz CT molecular complexity index is 696. The van der Waals surface area contributed by atoms with E-state index < -0.39 is 5.97 Å². The van der Waals surface area contributed by atoms with Crippen molar-refractivity contribution in [1.82, 2.24) is 4.98 Å². The van der Waals surface area contributed by atoms with Crippen LogP contribution in [0.3, 0.4) is 0 Å². The lowest BCUT2D eigenvalue weighted by Gasteiger charge is -2.03. The molecule has 2 rings (SSSR count). The maximum atomic E-state index is 11.9. The second-order valence-electron chi connectivity index (χ2n) is 4.88. The molecular weight excluding hydrogens is 332 g/mol. The molecule has 1 heterocycles. The van der Waals surface area contributed by atoms with Gasteiger partial charge in [-0.25, -0.2) is 9.78 Å². The zero-order valence-electron chi connectivity index (χ0n) is 13.2. The maximum absolute atomic E-state index is 11.9. The lowest BCUT2D eigenvalue weighted by Crippen LogP contribution is -2.11. The number of hydrogen-bond acceptors (Lipinski definition) is 6. The van der Waals surface area contributed by atoms with E-state index in [0.29, 0.717) is 27.9 Å². The highest BCUT2D eigenvalue weighted by Gasteiger charge is 2.16. The van der Waals surface area contributed by atoms with Crippen LogP contribution in [0.1, 0.15) is 27.3 Å². The van der Waals surface area contributed by atoms with Gasteiger partial charge in [0.1, 0.15) is 4.88 Å². The molecule has 0 unspecified atom stereocenters. The van der Waals surface area contributed by atoms with Crippen molar-refractivity contribution in [3.8, 4) is 0 Å². The molecule has 0 saturated heterocycles. The Hall–Kier alpha value is -1.86. The first-order valence-electron chi connectivity index (χ1n) is 7.04. The molecule has 2 aromatic rings. The lowest BCUT2D eigenvalue weighted by atomic mass is 10.2. The predicted octanol–water partition coefficient (Wildman–Crippen LogP) is 3.67. The van der Waals surface area contributed by atoms with Gasteiger partial charge in [-0.05, 0) is 26.0 Å². The topological polar surface area (TPSA) is 68.3 Å². The van der Waals surface area contributed by atoms with E-state index in [1.807, 2.05) is 19.1 Å². The van der Waals surface area contributed by atoms with Crippen LogP contribution in [0.4, 0.5) is 5.13 Å². The minimum atomic E-state index is -0.435. The SMILES string of the molecule is COC(=O)c1sc(NC(=O)CCSc2ccc(C)cc2)nc1C. The Labute approximate surface area is 143 Å². The number of thioether (sulfide) groups is 1. The van der Waals surface area contributed by atoms with Crippen LogP contribution < -0.4 is 5.32 Å². The number of benzene rings is 1. The van der Waals surface area contributed by atoms with E-state index in [-0.39, 0.29) is 5.91 Å². The number of carbonyl (C=O) groups is 2. The molecule has 1 aromatic heterocycles. The molecule has 0 aliphatic heterocycles. The summed E-state index contributed by atoms with van der Waals surface area (Å²) in [6.07, 6.45) is 0.380. The van der Waals surface area contributed by atoms with Gasteiger partial charge in [0, 0.05) is 17.1 Å². The average Bonchev–Trinajstić information content (AvgIpc) is 2.89. The first-order chi connectivity index (χ1) is 11.0. The number of nitrogens with zero attached hydrogens (tertiary/aromatic N) is 1. The second-order valence-corrected chi connectivity index (χ2v) is 7.05. The van der Waals surface area contributed by atoms with Crippen molar-refractivity contribution in [1.29, 1.82) is 0 Å². The summed E-state index contributed by atoms with van der Waals surface area (Å²) < 4.78 is 4.67. The Morgan fingerprint density at radius 3 is 2.61 bits per heavy atom. The largest absolute Gasteiger partial charge is 0.465 e. The van der Waals surface area contributed by atoms with Crippen molar-refractivity contribution in [3.63, 3.8) is 0 Å². The van der Waals surface area contributed by atoms with E-state index in [1.54, 1.807) is 18.7 Å². The van der Waals surface area contributed by atoms with Gasteiger partial charge in [-0.2, -0.15) is 0 Å². The van der Waals surface area contributed by atoms with E-state index in [4.69, 9.17) is 0 Å². The van der Waals surface area contributed by atoms with Gasteiger partial charge in [0.2, 0.25) is 5.91 Å². The van der Waals surface area contributed by atoms with E-state index in [1.165, 1.54) is 12.7 Å². The number of aryl methyl sites for hydroxylation is 2. The number of methoxy groups -OCH3 is 1. The third kappa shape index (κ3) is 5.07. The number of ether oxygens (including phenoxy) is 1. The van der Waals surface area contributed by atoms with Crippen LogP contribution in [0.15, 0.2) is 29.2 Å². The Morgan fingerprint density at radius 2 is 1.96 bits per heavy atom. The number of nitrogens with one attached hydrogen (secondary N) is 1. The number of rotatable bonds is 6. The fourth-order valence-electron chi connectivity index (χ4n) is 1.81. The summed E-state index contributed by atoms with van der Waals surface area (Å²) in [4.78, 5) is 29.2. The molecule has 1 amide bonds. The number of thiazole rings is 1. The van der Waals surface area contributed by atoms with Crippen molar-refractivity contribution in [3.05, 3.63) is 40.4 Å². The molecule has 1 N–H and O–H groups in total. The molecule has 5 nitrogen and oxygen atoms in total. The smallest absolute Gasteiger partial charge is 0.350 e. The van der Waals surface area contributed by atoms with Crippen LogP contribution >= 0.6 is 23.1 Å². The molecule has 0 bridgehead atoms. The molecule has 0 atom stereocenters. The molecule has 0 aliphatic carbocycles. The standard InChI is InChI=1S/C16H18N2O3S2/c1-10-4-6-12(7-5-10)22-9-8-13(19)18-16-17-11(2)14(23-16)15(20)21-3/h4-7H,8-9H2,1-3H3,(H,17,18,19). The quantitative estimate of drug-likeness (QED) is 0.636. The predicted molar refractivity (Wildman–Crippen MR) is 93.3 cm³/mol. The van der Waals surface area contributed by atoms with Crippen LogP contribution in [-0.4, -0.2) is 29.7 Å². The van der Waals surface area contributed by atoms with Gasteiger partial charge in [0.25, 0.3) is 0 Å². The molecule has 0 saturated carbocycles. The molecule has 122 valence electrons. The second kappa shape index (κ2) is 8.12. The van der Waals surface area contributed by atoms with Crippen molar-refractivity contribution in [2.24, 2.45) is 0 Å². The van der Waals surface area contributed by atoms with Crippen LogP contribution in [0.2, 0.25) is 0 Å². The fraction of sp³-hybridized carbons (Fsp3) is 0.312. The first-order valence-corrected chi connectivity index (χ1v) is 8.85. The zero-order chi connectivity index (χ0) is 16.8. The normalized spacial score (nSPS) is 10.4. The van der Waals surface area contributed by atoms with Gasteiger partial charge in [-0.15, -0.1) is 11.8 Å². The Balaban J connectivity index is 1.83. The lowest BCUT2D eigenvalue weighted by molar-refractivity contribution is -0.115. The minimum Gasteiger partial charge on any atom is -0.465 e. The minimum absolute atomic E-state index is 0.116. The van der Waals surface area contributed by atoms with Crippen LogP contribution in [-0.2, 0) is 9.53 Å². The Kier molecular flexibility index (Phi) is 6.18. The van der Waals surface area contributed by atoms with Crippen molar-refractivity contribution in [2.45, 2.75) is 25.2 Å². The number of anilines is 1. The van der Waals surface area contributed by atoms with Gasteiger partial charge in [0.05, 0.1) is 12.8 Å². The third-order valence-corrected chi connectivity index (χ3v) is 5.10. The number of amides is 1. The molecule has 1 aromatic carbocycles. The number of hydrogen-bond donors (Lipinski definition) is 1. The van der Waals surface area contributed by atoms with Gasteiger partial charge < -0.3 is 10.1 Å². The highest BCUT2D eigenvalue weighted by molar-refractivity contribution is 7.99. The fourth-order valence-corrected chi connectivity index (χ4v) is 3.56. The van der Waals surface area contributed by atoms with Crippen LogP contribution in [0.5, 0.6) is 0 Å². The van der Waals surface area contributed by atoms with Crippen molar-refractivity contribution >= 4 is 40.1 Å². The molecular formula is C16H18N2O3S2. The highest BCUT2D eigenvalue weighted by atomic mass is 32.2. The van der Waals surface area contributed by atoms with Gasteiger partial charge in [-0.1, -0.05) is 29.0 Å². The van der Waals surface area contributed by atoms with E-state index in [0.717, 1.165) is 16.2 Å². The summed E-state index contributed by atoms with van der Waals surface area (Å²) in [5, 5.41) is 3.15. The number of carbonyl (C=O) groups excluding carboxylic acids is 2. The summed E-state index contributed by atoms with van der Waals surface area (Å²) in [5.74, 6) is 0.133. The maximum Gasteiger partial charge on any atom is 0.350 e. The summed E-state index contributed by atoms with van der Waals surface area (Å²) in [7, 11) is 1.32. The number of esters is 1. The van der Waals surface area contributed by atoms with E-state index in [9.17, 15) is 9.59 Å². The monoisotopic (exact) mass is 350 g/mol. The van der Waals surface area contributed by atoms with E-state index >= 15 is 0 Å². The van der Waals surface area contributed by atoms with Gasteiger partial charge in [-0.3, -0.25) is 4.79 Å². The average molecular weight is 350 g/mol. The molecule has 7 heteroatoms. The van der Waals surface area contributed by atoms with Crippen molar-refractivity contribution in [2.75, 3.05) is 18.2 Å². The third-order valence-electron chi connectivity index (χ3n) is 3.03. The van der Waals surface area contributed by atoms with Crippen LogP contribution in [0.25, 0.3) is 0 Å².